The number of guanidine groups is 3. The maximum absolute atomic E-state index is 14.7. The second-order valence-corrected chi connectivity index (χ2v) is 24.2. The highest BCUT2D eigenvalue weighted by Gasteiger charge is 2.41. The fourth-order valence-electron chi connectivity index (χ4n) is 10.4. The van der Waals surface area contributed by atoms with Gasteiger partial charge in [0.2, 0.25) is 59.1 Å². The first-order valence-corrected chi connectivity index (χ1v) is 32.7. The number of aliphatic carboxylic acids is 1. The summed E-state index contributed by atoms with van der Waals surface area (Å²) in [6.45, 7) is 6.33. The Morgan fingerprint density at radius 3 is 1.58 bits per heavy atom. The highest BCUT2D eigenvalue weighted by atomic mass is 16.4. The number of carboxylic acids is 1. The SMILES string of the molecule is CCC(C)C(NC(=O)C(CCCN=C(N)N)NC(=O)C(CCCN=C(N)N)NC(=O)C(CC(C)C)NC(=O)C(Cc1ccccc1)NC(=O)CNC(=O)CNC(=O)C(N)Cc1ccc(O)cc1)C(=O)NC(CCCN=C(N)N)C(=O)N1CCCC1C(=O)NC(CCCCN)C(=O)O. The molecule has 10 unspecified atom stereocenters. The molecule has 34 heteroatoms. The number of nitrogens with zero attached hydrogens (tertiary/aromatic N) is 4. The van der Waals surface area contributed by atoms with Crippen molar-refractivity contribution in [2.75, 3.05) is 45.8 Å². The number of unbranched alkanes of at least 4 members (excludes halogenated alkanes) is 1. The molecule has 0 bridgehead atoms. The summed E-state index contributed by atoms with van der Waals surface area (Å²) >= 11 is 0. The van der Waals surface area contributed by atoms with E-state index in [1.165, 1.54) is 17.0 Å². The van der Waals surface area contributed by atoms with Crippen LogP contribution in [-0.4, -0.2) is 198 Å². The molecule has 0 aliphatic carbocycles. The van der Waals surface area contributed by atoms with Crippen LogP contribution in [0, 0.1) is 11.8 Å². The molecule has 10 amide bonds. The van der Waals surface area contributed by atoms with Gasteiger partial charge in [-0.25, -0.2) is 4.79 Å². The van der Waals surface area contributed by atoms with Gasteiger partial charge in [0.05, 0.1) is 19.1 Å². The van der Waals surface area contributed by atoms with Crippen LogP contribution < -0.4 is 93.7 Å². The molecule has 1 aliphatic rings. The van der Waals surface area contributed by atoms with Crippen LogP contribution >= 0.6 is 0 Å². The van der Waals surface area contributed by atoms with Gasteiger partial charge < -0.3 is 109 Å². The summed E-state index contributed by atoms with van der Waals surface area (Å²) in [4.78, 5) is 166. The van der Waals surface area contributed by atoms with Crippen molar-refractivity contribution in [1.82, 2.24) is 52.8 Å². The van der Waals surface area contributed by atoms with Gasteiger partial charge in [0.15, 0.2) is 17.9 Å². The van der Waals surface area contributed by atoms with E-state index in [1.807, 2.05) is 0 Å². The maximum atomic E-state index is 14.7. The number of carboxylic acid groups (broad SMARTS) is 1. The first-order chi connectivity index (χ1) is 46.0. The smallest absolute Gasteiger partial charge is 0.326 e. The molecule has 2 aromatic carbocycles. The van der Waals surface area contributed by atoms with Crippen LogP contribution in [0.3, 0.4) is 0 Å². The Hall–Kier alpha value is -9.86. The minimum Gasteiger partial charge on any atom is -0.508 e. The molecule has 1 aliphatic heterocycles. The van der Waals surface area contributed by atoms with Gasteiger partial charge in [0.25, 0.3) is 0 Å². The monoisotopic (exact) mass is 1360 g/mol. The second kappa shape index (κ2) is 43.3. The summed E-state index contributed by atoms with van der Waals surface area (Å²) in [7, 11) is 0. The second-order valence-electron chi connectivity index (χ2n) is 24.2. The number of carbonyl (C=O) groups excluding carboxylic acids is 10. The average molecular weight is 1360 g/mol. The normalized spacial score (nSPS) is 15.3. The van der Waals surface area contributed by atoms with Crippen molar-refractivity contribution in [3.05, 3.63) is 65.7 Å². The summed E-state index contributed by atoms with van der Waals surface area (Å²) in [5.74, 6) is -10.5. The van der Waals surface area contributed by atoms with E-state index >= 15 is 0 Å². The molecule has 0 spiro atoms. The molecule has 3 rings (SSSR count). The minimum absolute atomic E-state index is 0.00131. The third kappa shape index (κ3) is 31.1. The number of hydrogen-bond acceptors (Lipinski definition) is 17. The van der Waals surface area contributed by atoms with E-state index in [0.717, 1.165) is 0 Å². The minimum atomic E-state index is -1.44. The largest absolute Gasteiger partial charge is 0.508 e. The van der Waals surface area contributed by atoms with Gasteiger partial charge in [0.1, 0.15) is 54.1 Å². The number of phenols is 1. The lowest BCUT2D eigenvalue weighted by atomic mass is 9.96. The van der Waals surface area contributed by atoms with Crippen molar-refractivity contribution in [1.29, 1.82) is 0 Å². The molecule has 0 saturated carbocycles. The predicted molar refractivity (Wildman–Crippen MR) is 363 cm³/mol. The lowest BCUT2D eigenvalue weighted by molar-refractivity contribution is -0.145. The number of rotatable bonds is 44. The highest BCUT2D eigenvalue weighted by molar-refractivity contribution is 5.99. The Morgan fingerprint density at radius 1 is 0.546 bits per heavy atom. The van der Waals surface area contributed by atoms with E-state index in [9.17, 15) is 63.0 Å². The molecule has 1 fully saturated rings. The summed E-state index contributed by atoms with van der Waals surface area (Å²) in [6.07, 6.45) is 2.10. The van der Waals surface area contributed by atoms with Crippen LogP contribution in [0.4, 0.5) is 0 Å². The van der Waals surface area contributed by atoms with Crippen LogP contribution in [0.15, 0.2) is 69.6 Å². The lowest BCUT2D eigenvalue weighted by Crippen LogP contribution is -2.61. The number of aliphatic imine (C=N–C) groups is 3. The van der Waals surface area contributed by atoms with Crippen molar-refractivity contribution < 1.29 is 63.0 Å². The molecule has 538 valence electrons. The first-order valence-electron chi connectivity index (χ1n) is 32.7. The van der Waals surface area contributed by atoms with E-state index in [0.29, 0.717) is 43.4 Å². The molecule has 1 saturated heterocycles. The number of nitrogens with one attached hydrogen (secondary N) is 9. The van der Waals surface area contributed by atoms with Gasteiger partial charge in [-0.2, -0.15) is 0 Å². The molecular formula is C63H103N21O13. The topological polar surface area (TPSA) is 585 Å². The average Bonchev–Trinajstić information content (AvgIpc) is 1.71. The van der Waals surface area contributed by atoms with Gasteiger partial charge in [-0.15, -0.1) is 0 Å². The maximum Gasteiger partial charge on any atom is 0.326 e. The molecule has 10 atom stereocenters. The van der Waals surface area contributed by atoms with Crippen molar-refractivity contribution in [2.24, 2.45) is 72.7 Å². The van der Waals surface area contributed by atoms with E-state index in [1.54, 1.807) is 70.2 Å². The Bertz CT molecular complexity index is 3000. The van der Waals surface area contributed by atoms with Crippen LogP contribution in [0.2, 0.25) is 0 Å². The number of amides is 10. The zero-order chi connectivity index (χ0) is 72.1. The predicted octanol–water partition coefficient (Wildman–Crippen LogP) is -4.41. The molecular weight excluding hydrogens is 1260 g/mol. The molecule has 34 nitrogen and oxygen atoms in total. The Kier molecular flexibility index (Phi) is 36.3. The zero-order valence-electron chi connectivity index (χ0n) is 55.9. The Morgan fingerprint density at radius 2 is 1.04 bits per heavy atom. The van der Waals surface area contributed by atoms with Crippen LogP contribution in [0.25, 0.3) is 0 Å². The highest BCUT2D eigenvalue weighted by Crippen LogP contribution is 2.22. The summed E-state index contributed by atoms with van der Waals surface area (Å²) < 4.78 is 0. The number of phenolic OH excluding ortho intramolecular Hbond substituents is 1. The van der Waals surface area contributed by atoms with Gasteiger partial charge in [-0.3, -0.25) is 62.9 Å². The van der Waals surface area contributed by atoms with Crippen LogP contribution in [0.1, 0.15) is 122 Å². The number of hydrogen-bond donors (Lipinski definition) is 19. The summed E-state index contributed by atoms with van der Waals surface area (Å²) in [5.41, 5.74) is 46.5. The first kappa shape index (κ1) is 81.4. The summed E-state index contributed by atoms with van der Waals surface area (Å²) in [5, 5.41) is 43.2. The lowest BCUT2D eigenvalue weighted by Gasteiger charge is -2.32. The Balaban J connectivity index is 1.92. The van der Waals surface area contributed by atoms with Crippen molar-refractivity contribution in [3.63, 3.8) is 0 Å². The van der Waals surface area contributed by atoms with Gasteiger partial charge in [0, 0.05) is 32.6 Å². The molecule has 97 heavy (non-hydrogen) atoms. The fraction of sp³-hybridized carbons (Fsp3) is 0.587. The van der Waals surface area contributed by atoms with Crippen LogP contribution in [-0.2, 0) is 65.6 Å². The quantitative estimate of drug-likeness (QED) is 0.0169. The van der Waals surface area contributed by atoms with Gasteiger partial charge >= 0.3 is 5.97 Å². The number of likely N-dealkylation sites (tertiary alicyclic amines) is 1. The number of carbonyl (C=O) groups is 11. The third-order valence-electron chi connectivity index (χ3n) is 15.8. The third-order valence-corrected chi connectivity index (χ3v) is 15.8. The molecule has 0 aromatic heterocycles. The van der Waals surface area contributed by atoms with Gasteiger partial charge in [-0.05, 0) is 125 Å². The van der Waals surface area contributed by atoms with E-state index < -0.39 is 138 Å². The standard InChI is InChI=1S/C63H103N21O13/c1-5-37(4)51(58(94)80-44(20-13-29-74-63(70)71)59(95)84-30-14-21-48(84)57(93)81-45(60(96)97)17-9-10-26-64)83-54(90)43(19-12-28-73-62(68)69)78-53(89)42(18-11-27-72-61(66)67)79-55(91)46(31-36(2)3)82-56(92)47(33-38-15-7-6-8-16-38)77-50(87)35-75-49(86)34-76-52(88)41(65)32-39-22-24-40(85)25-23-39/h6-8,15-16,22-25,36-37,41-48,51,85H,5,9-14,17-21,26-35,64-65H2,1-4H3,(H,75,86)(H,76,88)(H,77,87)(H,78,89)(H,79,91)(H,80,94)(H,81,93)(H,82,92)(H,83,90)(H,96,97)(H4,66,67,72)(H4,68,69,73)(H4,70,71,74). The molecule has 27 N–H and O–H groups in total. The molecule has 1 heterocycles. The van der Waals surface area contributed by atoms with E-state index in [2.05, 4.69) is 62.8 Å². The van der Waals surface area contributed by atoms with Crippen molar-refractivity contribution in [3.8, 4) is 5.75 Å². The summed E-state index contributed by atoms with van der Waals surface area (Å²) in [6, 6.07) is 3.11. The van der Waals surface area contributed by atoms with Gasteiger partial charge in [-0.1, -0.05) is 76.6 Å². The number of aromatic hydroxyl groups is 1. The van der Waals surface area contributed by atoms with E-state index in [4.69, 9.17) is 45.9 Å². The molecule has 2 aromatic rings. The number of nitrogens with two attached hydrogens (primary N) is 8. The van der Waals surface area contributed by atoms with E-state index in [-0.39, 0.29) is 126 Å². The van der Waals surface area contributed by atoms with Crippen LogP contribution in [0.5, 0.6) is 5.75 Å². The fourth-order valence-corrected chi connectivity index (χ4v) is 10.4. The van der Waals surface area contributed by atoms with Crippen molar-refractivity contribution in [2.45, 2.75) is 178 Å². The zero-order valence-corrected chi connectivity index (χ0v) is 55.9. The molecule has 0 radical (unpaired) electrons. The Labute approximate surface area is 565 Å². The number of benzene rings is 2. The van der Waals surface area contributed by atoms with Crippen molar-refractivity contribution >= 4 is 82.9 Å².